The van der Waals surface area contributed by atoms with Crippen molar-refractivity contribution < 1.29 is 22.4 Å². The van der Waals surface area contributed by atoms with Crippen LogP contribution in [0.3, 0.4) is 0 Å². The molecule has 1 aliphatic carbocycles. The van der Waals surface area contributed by atoms with E-state index in [1.165, 1.54) is 0 Å². The summed E-state index contributed by atoms with van der Waals surface area (Å²) in [5, 5.41) is 1.81. The second-order valence-electron chi connectivity index (χ2n) is 3.73. The Morgan fingerprint density at radius 3 is 2.33 bits per heavy atom. The van der Waals surface area contributed by atoms with Gasteiger partial charge < -0.3 is 11.1 Å². The van der Waals surface area contributed by atoms with Crippen molar-refractivity contribution >= 4 is 5.91 Å². The number of carbonyl (C=O) groups excluding carboxylic acids is 1. The molecule has 0 aliphatic heterocycles. The second kappa shape index (κ2) is 3.96. The number of rotatable bonds is 5. The number of alkyl halides is 4. The van der Waals surface area contributed by atoms with E-state index in [1.807, 2.05) is 5.32 Å². The van der Waals surface area contributed by atoms with Crippen molar-refractivity contribution in [2.75, 3.05) is 13.1 Å². The van der Waals surface area contributed by atoms with Crippen molar-refractivity contribution in [2.45, 2.75) is 25.2 Å². The number of halogens is 4. The van der Waals surface area contributed by atoms with E-state index in [2.05, 4.69) is 0 Å². The Hall–Kier alpha value is -0.850. The molecule has 0 aromatic heterocycles. The topological polar surface area (TPSA) is 55.1 Å². The average molecular weight is 228 g/mol. The van der Waals surface area contributed by atoms with Crippen LogP contribution in [-0.4, -0.2) is 31.3 Å². The van der Waals surface area contributed by atoms with E-state index < -0.39 is 30.2 Å². The number of amides is 1. The first-order valence-corrected chi connectivity index (χ1v) is 4.48. The Labute approximate surface area is 84.0 Å². The Morgan fingerprint density at radius 1 is 1.47 bits per heavy atom. The van der Waals surface area contributed by atoms with Gasteiger partial charge in [-0.05, 0) is 12.8 Å². The largest absolute Gasteiger partial charge is 0.349 e. The highest BCUT2D eigenvalue weighted by Crippen LogP contribution is 2.44. The first kappa shape index (κ1) is 12.2. The van der Waals surface area contributed by atoms with E-state index in [4.69, 9.17) is 5.73 Å². The summed E-state index contributed by atoms with van der Waals surface area (Å²) in [6.07, 6.45) is -2.73. The van der Waals surface area contributed by atoms with Gasteiger partial charge in [-0.25, -0.2) is 8.78 Å². The SMILES string of the molecule is NCC1(C(=O)NCC(F)(F)C(F)F)CC1. The minimum Gasteiger partial charge on any atom is -0.349 e. The summed E-state index contributed by atoms with van der Waals surface area (Å²) >= 11 is 0. The monoisotopic (exact) mass is 228 g/mol. The molecule has 1 saturated carbocycles. The molecule has 0 aromatic rings. The molecule has 0 saturated heterocycles. The van der Waals surface area contributed by atoms with Gasteiger partial charge in [-0.2, -0.15) is 8.78 Å². The van der Waals surface area contributed by atoms with E-state index in [0.717, 1.165) is 0 Å². The molecule has 7 heteroatoms. The van der Waals surface area contributed by atoms with Gasteiger partial charge in [0.15, 0.2) is 0 Å². The molecule has 0 atom stereocenters. The van der Waals surface area contributed by atoms with Gasteiger partial charge in [0, 0.05) is 6.54 Å². The predicted octanol–water partition coefficient (Wildman–Crippen LogP) is 0.742. The smallest absolute Gasteiger partial charge is 0.324 e. The minimum atomic E-state index is -4.18. The lowest BCUT2D eigenvalue weighted by Crippen LogP contribution is -2.45. The molecule has 0 bridgehead atoms. The number of nitrogens with two attached hydrogens (primary N) is 1. The van der Waals surface area contributed by atoms with E-state index >= 15 is 0 Å². The van der Waals surface area contributed by atoms with Crippen LogP contribution in [0.1, 0.15) is 12.8 Å². The fourth-order valence-electron chi connectivity index (χ4n) is 1.14. The lowest BCUT2D eigenvalue weighted by molar-refractivity contribution is -0.139. The minimum absolute atomic E-state index is 0.0546. The first-order chi connectivity index (χ1) is 6.84. The van der Waals surface area contributed by atoms with Crippen LogP contribution in [-0.2, 0) is 4.79 Å². The molecule has 0 heterocycles. The first-order valence-electron chi connectivity index (χ1n) is 4.48. The molecule has 3 N–H and O–H groups in total. The molecule has 1 fully saturated rings. The van der Waals surface area contributed by atoms with Gasteiger partial charge in [0.05, 0.1) is 12.0 Å². The van der Waals surface area contributed by atoms with Crippen molar-refractivity contribution in [1.82, 2.24) is 5.32 Å². The average Bonchev–Trinajstić information content (AvgIpc) is 2.94. The predicted molar refractivity (Wildman–Crippen MR) is 44.7 cm³/mol. The van der Waals surface area contributed by atoms with Crippen molar-refractivity contribution in [2.24, 2.45) is 11.1 Å². The fraction of sp³-hybridized carbons (Fsp3) is 0.875. The number of hydrogen-bond acceptors (Lipinski definition) is 2. The van der Waals surface area contributed by atoms with E-state index in [1.54, 1.807) is 0 Å². The maximum absolute atomic E-state index is 12.4. The summed E-state index contributed by atoms with van der Waals surface area (Å²) in [5.41, 5.74) is 4.48. The zero-order valence-corrected chi connectivity index (χ0v) is 7.90. The third-order valence-corrected chi connectivity index (χ3v) is 2.53. The zero-order chi connectivity index (χ0) is 11.7. The zero-order valence-electron chi connectivity index (χ0n) is 7.90. The summed E-state index contributed by atoms with van der Waals surface area (Å²) in [4.78, 5) is 11.3. The van der Waals surface area contributed by atoms with Gasteiger partial charge in [0.25, 0.3) is 0 Å². The van der Waals surface area contributed by atoms with Gasteiger partial charge in [-0.3, -0.25) is 4.79 Å². The van der Waals surface area contributed by atoms with E-state index in [9.17, 15) is 22.4 Å². The lowest BCUT2D eigenvalue weighted by Gasteiger charge is -2.18. The second-order valence-corrected chi connectivity index (χ2v) is 3.73. The van der Waals surface area contributed by atoms with Crippen molar-refractivity contribution in [3.63, 3.8) is 0 Å². The number of nitrogens with one attached hydrogen (secondary N) is 1. The summed E-state index contributed by atoms with van der Waals surface area (Å²) < 4.78 is 48.3. The van der Waals surface area contributed by atoms with Crippen LogP contribution >= 0.6 is 0 Å². The van der Waals surface area contributed by atoms with Gasteiger partial charge in [0.1, 0.15) is 0 Å². The highest BCUT2D eigenvalue weighted by molar-refractivity contribution is 5.85. The van der Waals surface area contributed by atoms with E-state index in [0.29, 0.717) is 12.8 Å². The highest BCUT2D eigenvalue weighted by atomic mass is 19.3. The Balaban J connectivity index is 2.41. The third-order valence-electron chi connectivity index (χ3n) is 2.53. The van der Waals surface area contributed by atoms with Gasteiger partial charge in [-0.1, -0.05) is 0 Å². The molecule has 0 unspecified atom stereocenters. The molecule has 0 spiro atoms. The Bertz CT molecular complexity index is 253. The van der Waals surface area contributed by atoms with Crippen molar-refractivity contribution in [3.05, 3.63) is 0 Å². The van der Waals surface area contributed by atoms with Crippen molar-refractivity contribution in [3.8, 4) is 0 Å². The van der Waals surface area contributed by atoms with Gasteiger partial charge in [-0.15, -0.1) is 0 Å². The van der Waals surface area contributed by atoms with Crippen LogP contribution in [0.2, 0.25) is 0 Å². The molecule has 1 amide bonds. The number of hydrogen-bond donors (Lipinski definition) is 2. The normalized spacial score (nSPS) is 19.1. The van der Waals surface area contributed by atoms with Crippen LogP contribution in [0.4, 0.5) is 17.6 Å². The lowest BCUT2D eigenvalue weighted by atomic mass is 10.1. The number of carbonyl (C=O) groups is 1. The van der Waals surface area contributed by atoms with Crippen LogP contribution < -0.4 is 11.1 Å². The summed E-state index contributed by atoms with van der Waals surface area (Å²) in [7, 11) is 0. The Morgan fingerprint density at radius 2 is 2.00 bits per heavy atom. The summed E-state index contributed by atoms with van der Waals surface area (Å²) in [5.74, 6) is -4.84. The quantitative estimate of drug-likeness (QED) is 0.682. The maximum Gasteiger partial charge on any atom is 0.324 e. The molecule has 1 aliphatic rings. The van der Waals surface area contributed by atoms with Crippen LogP contribution in [0.15, 0.2) is 0 Å². The third kappa shape index (κ3) is 2.58. The molecule has 0 aromatic carbocycles. The summed E-state index contributed by atoms with van der Waals surface area (Å²) in [6, 6.07) is 0. The molecule has 0 radical (unpaired) electrons. The fourth-order valence-corrected chi connectivity index (χ4v) is 1.14. The highest BCUT2D eigenvalue weighted by Gasteiger charge is 2.50. The molecule has 3 nitrogen and oxygen atoms in total. The molecule has 1 rings (SSSR count). The molecule has 15 heavy (non-hydrogen) atoms. The van der Waals surface area contributed by atoms with Crippen LogP contribution in [0, 0.1) is 5.41 Å². The van der Waals surface area contributed by atoms with E-state index in [-0.39, 0.29) is 6.54 Å². The molecular weight excluding hydrogens is 216 g/mol. The molecule has 88 valence electrons. The van der Waals surface area contributed by atoms with Gasteiger partial charge >= 0.3 is 12.3 Å². The van der Waals surface area contributed by atoms with Crippen LogP contribution in [0.25, 0.3) is 0 Å². The molecular formula is C8H12F4N2O. The van der Waals surface area contributed by atoms with Gasteiger partial charge in [0.2, 0.25) is 5.91 Å². The van der Waals surface area contributed by atoms with Crippen LogP contribution in [0.5, 0.6) is 0 Å². The summed E-state index contributed by atoms with van der Waals surface area (Å²) in [6.45, 7) is -1.29. The Kier molecular flexibility index (Phi) is 3.22. The maximum atomic E-state index is 12.4. The standard InChI is InChI=1S/C8H12F4N2O/c9-5(10)8(11,12)4-14-6(15)7(3-13)1-2-7/h5H,1-4,13H2,(H,14,15). The van der Waals surface area contributed by atoms with Crippen molar-refractivity contribution in [1.29, 1.82) is 0 Å².